The molecule has 3 nitrogen and oxygen atoms in total. The Morgan fingerprint density at radius 2 is 2.36 bits per heavy atom. The Kier molecular flexibility index (Phi) is 4.35. The molecule has 0 saturated carbocycles. The molecule has 0 fully saturated rings. The molecular weight excluding hydrogens is 244 g/mol. The van der Waals surface area contributed by atoms with Gasteiger partial charge in [-0.15, -0.1) is 0 Å². The van der Waals surface area contributed by atoms with Gasteiger partial charge in [0, 0.05) is 17.2 Å². The van der Waals surface area contributed by atoms with Crippen molar-refractivity contribution in [1.29, 1.82) is 0 Å². The second kappa shape index (κ2) is 5.32. The average molecular weight is 259 g/mol. The van der Waals surface area contributed by atoms with Crippen molar-refractivity contribution in [1.82, 2.24) is 4.98 Å². The quantitative estimate of drug-likeness (QED) is 0.872. The standard InChI is InChI=1S/C10H15BrN2O/c1-7-5-9(11)6-13-10(7)12-4-3-8(2)14/h5-6,8,14H,3-4H2,1-2H3,(H,12,13)/t8-/m0/s1. The van der Waals surface area contributed by atoms with E-state index in [1.54, 1.807) is 13.1 Å². The van der Waals surface area contributed by atoms with E-state index in [4.69, 9.17) is 5.11 Å². The number of aliphatic hydroxyl groups is 1. The van der Waals surface area contributed by atoms with Crippen molar-refractivity contribution < 1.29 is 5.11 Å². The Bertz CT molecular complexity index is 302. The number of pyridine rings is 1. The summed E-state index contributed by atoms with van der Waals surface area (Å²) in [5, 5.41) is 12.3. The zero-order valence-corrected chi connectivity index (χ0v) is 10.0. The highest BCUT2D eigenvalue weighted by Gasteiger charge is 2.00. The molecule has 0 aromatic carbocycles. The SMILES string of the molecule is Cc1cc(Br)cnc1NCC[C@H](C)O. The van der Waals surface area contributed by atoms with Gasteiger partial charge in [-0.05, 0) is 47.8 Å². The monoisotopic (exact) mass is 258 g/mol. The van der Waals surface area contributed by atoms with Crippen LogP contribution in [0.15, 0.2) is 16.7 Å². The number of rotatable bonds is 4. The van der Waals surface area contributed by atoms with Crippen molar-refractivity contribution in [3.8, 4) is 0 Å². The second-order valence-electron chi connectivity index (χ2n) is 3.38. The zero-order valence-electron chi connectivity index (χ0n) is 8.42. The Balaban J connectivity index is 2.51. The van der Waals surface area contributed by atoms with Crippen LogP contribution >= 0.6 is 15.9 Å². The molecule has 1 heterocycles. The molecule has 78 valence electrons. The van der Waals surface area contributed by atoms with Crippen molar-refractivity contribution in [2.24, 2.45) is 0 Å². The third-order valence-corrected chi connectivity index (χ3v) is 2.33. The predicted molar refractivity (Wildman–Crippen MR) is 61.5 cm³/mol. The normalized spacial score (nSPS) is 12.6. The van der Waals surface area contributed by atoms with E-state index in [0.29, 0.717) is 0 Å². The molecule has 1 aromatic rings. The number of hydrogen-bond donors (Lipinski definition) is 2. The van der Waals surface area contributed by atoms with Gasteiger partial charge in [-0.1, -0.05) is 0 Å². The van der Waals surface area contributed by atoms with Crippen molar-refractivity contribution in [3.63, 3.8) is 0 Å². The van der Waals surface area contributed by atoms with Gasteiger partial charge >= 0.3 is 0 Å². The molecular formula is C10H15BrN2O. The first kappa shape index (κ1) is 11.5. The molecule has 0 bridgehead atoms. The summed E-state index contributed by atoms with van der Waals surface area (Å²) >= 11 is 3.36. The van der Waals surface area contributed by atoms with Gasteiger partial charge in [-0.3, -0.25) is 0 Å². The summed E-state index contributed by atoms with van der Waals surface area (Å²) in [6.07, 6.45) is 2.23. The summed E-state index contributed by atoms with van der Waals surface area (Å²) in [6, 6.07) is 2.01. The summed E-state index contributed by atoms with van der Waals surface area (Å²) in [7, 11) is 0. The van der Waals surface area contributed by atoms with E-state index in [-0.39, 0.29) is 6.10 Å². The topological polar surface area (TPSA) is 45.2 Å². The maximum absolute atomic E-state index is 9.08. The van der Waals surface area contributed by atoms with E-state index in [0.717, 1.165) is 28.8 Å². The minimum absolute atomic E-state index is 0.266. The summed E-state index contributed by atoms with van der Waals surface area (Å²) in [5.74, 6) is 0.883. The molecule has 1 rings (SSSR count). The first-order valence-corrected chi connectivity index (χ1v) is 5.43. The van der Waals surface area contributed by atoms with Crippen LogP contribution in [0.4, 0.5) is 5.82 Å². The van der Waals surface area contributed by atoms with E-state index in [2.05, 4.69) is 26.2 Å². The van der Waals surface area contributed by atoms with Gasteiger partial charge in [-0.25, -0.2) is 4.98 Å². The summed E-state index contributed by atoms with van der Waals surface area (Å²) in [5.41, 5.74) is 1.10. The van der Waals surface area contributed by atoms with Crippen molar-refractivity contribution >= 4 is 21.7 Å². The smallest absolute Gasteiger partial charge is 0.128 e. The fourth-order valence-electron chi connectivity index (χ4n) is 1.13. The highest BCUT2D eigenvalue weighted by atomic mass is 79.9. The van der Waals surface area contributed by atoms with Gasteiger partial charge in [0.15, 0.2) is 0 Å². The number of aromatic nitrogens is 1. The first-order valence-electron chi connectivity index (χ1n) is 4.63. The van der Waals surface area contributed by atoms with E-state index < -0.39 is 0 Å². The van der Waals surface area contributed by atoms with Crippen LogP contribution in [0.3, 0.4) is 0 Å². The molecule has 1 aromatic heterocycles. The molecule has 0 aliphatic heterocycles. The van der Waals surface area contributed by atoms with Gasteiger partial charge in [0.2, 0.25) is 0 Å². The van der Waals surface area contributed by atoms with E-state index in [1.807, 2.05) is 13.0 Å². The predicted octanol–water partition coefficient (Wildman–Crippen LogP) is 2.34. The number of nitrogens with one attached hydrogen (secondary N) is 1. The average Bonchev–Trinajstić information content (AvgIpc) is 2.08. The third-order valence-electron chi connectivity index (χ3n) is 1.90. The van der Waals surface area contributed by atoms with Gasteiger partial charge in [0.1, 0.15) is 5.82 Å². The minimum atomic E-state index is -0.266. The lowest BCUT2D eigenvalue weighted by Gasteiger charge is -2.09. The highest BCUT2D eigenvalue weighted by molar-refractivity contribution is 9.10. The fourth-order valence-corrected chi connectivity index (χ4v) is 1.57. The van der Waals surface area contributed by atoms with Gasteiger partial charge in [-0.2, -0.15) is 0 Å². The Hall–Kier alpha value is -0.610. The molecule has 1 atom stereocenters. The van der Waals surface area contributed by atoms with E-state index >= 15 is 0 Å². The zero-order chi connectivity index (χ0) is 10.6. The summed E-state index contributed by atoms with van der Waals surface area (Å²) in [4.78, 5) is 4.24. The van der Waals surface area contributed by atoms with Crippen LogP contribution in [-0.4, -0.2) is 22.7 Å². The Labute approximate surface area is 92.7 Å². The molecule has 0 unspecified atom stereocenters. The molecule has 0 amide bonds. The van der Waals surface area contributed by atoms with Crippen LogP contribution in [-0.2, 0) is 0 Å². The lowest BCUT2D eigenvalue weighted by atomic mass is 10.2. The first-order chi connectivity index (χ1) is 6.59. The molecule has 4 heteroatoms. The Morgan fingerprint density at radius 1 is 1.64 bits per heavy atom. The number of nitrogens with zero attached hydrogens (tertiary/aromatic N) is 1. The maximum atomic E-state index is 9.08. The van der Waals surface area contributed by atoms with E-state index in [1.165, 1.54) is 0 Å². The molecule has 0 saturated heterocycles. The van der Waals surface area contributed by atoms with Gasteiger partial charge in [0.25, 0.3) is 0 Å². The van der Waals surface area contributed by atoms with Crippen molar-refractivity contribution in [2.75, 3.05) is 11.9 Å². The fraction of sp³-hybridized carbons (Fsp3) is 0.500. The maximum Gasteiger partial charge on any atom is 0.128 e. The molecule has 0 aliphatic rings. The molecule has 0 spiro atoms. The Morgan fingerprint density at radius 3 is 2.93 bits per heavy atom. The second-order valence-corrected chi connectivity index (χ2v) is 4.30. The number of halogens is 1. The number of hydrogen-bond acceptors (Lipinski definition) is 3. The highest BCUT2D eigenvalue weighted by Crippen LogP contribution is 2.16. The lowest BCUT2D eigenvalue weighted by molar-refractivity contribution is 0.188. The number of aryl methyl sites for hydroxylation is 1. The van der Waals surface area contributed by atoms with Crippen molar-refractivity contribution in [3.05, 3.63) is 22.3 Å². The summed E-state index contributed by atoms with van der Waals surface area (Å²) < 4.78 is 0.982. The third kappa shape index (κ3) is 3.64. The molecule has 14 heavy (non-hydrogen) atoms. The van der Waals surface area contributed by atoms with Crippen molar-refractivity contribution in [2.45, 2.75) is 26.4 Å². The minimum Gasteiger partial charge on any atom is -0.393 e. The summed E-state index contributed by atoms with van der Waals surface area (Å²) in [6.45, 7) is 4.53. The largest absolute Gasteiger partial charge is 0.393 e. The van der Waals surface area contributed by atoms with Crippen LogP contribution in [0.1, 0.15) is 18.9 Å². The van der Waals surface area contributed by atoms with Crippen LogP contribution in [0.2, 0.25) is 0 Å². The van der Waals surface area contributed by atoms with Crippen LogP contribution in [0.25, 0.3) is 0 Å². The van der Waals surface area contributed by atoms with Gasteiger partial charge in [0.05, 0.1) is 6.10 Å². The van der Waals surface area contributed by atoms with Crippen LogP contribution in [0, 0.1) is 6.92 Å². The van der Waals surface area contributed by atoms with Gasteiger partial charge < -0.3 is 10.4 Å². The van der Waals surface area contributed by atoms with Crippen LogP contribution < -0.4 is 5.32 Å². The number of anilines is 1. The molecule has 0 aliphatic carbocycles. The number of aliphatic hydroxyl groups excluding tert-OH is 1. The lowest BCUT2D eigenvalue weighted by Crippen LogP contribution is -2.11. The molecule has 0 radical (unpaired) electrons. The molecule has 2 N–H and O–H groups in total. The van der Waals surface area contributed by atoms with Crippen LogP contribution in [0.5, 0.6) is 0 Å². The van der Waals surface area contributed by atoms with E-state index in [9.17, 15) is 0 Å².